The van der Waals surface area contributed by atoms with Crippen LogP contribution in [0.1, 0.15) is 38.2 Å². The van der Waals surface area contributed by atoms with Gasteiger partial charge in [0.25, 0.3) is 0 Å². The van der Waals surface area contributed by atoms with Crippen molar-refractivity contribution < 1.29 is 9.13 Å². The van der Waals surface area contributed by atoms with E-state index in [1.807, 2.05) is 6.07 Å². The number of benzene rings is 1. The van der Waals surface area contributed by atoms with E-state index in [-0.39, 0.29) is 18.5 Å². The van der Waals surface area contributed by atoms with Crippen LogP contribution < -0.4 is 10.5 Å². The number of nitrogens with two attached hydrogens (primary N) is 1. The lowest BCUT2D eigenvalue weighted by Crippen LogP contribution is -2.23. The van der Waals surface area contributed by atoms with Crippen LogP contribution in [-0.4, -0.2) is 6.10 Å². The van der Waals surface area contributed by atoms with Gasteiger partial charge in [0.1, 0.15) is 11.6 Å². The second-order valence-electron chi connectivity index (χ2n) is 4.92. The van der Waals surface area contributed by atoms with Crippen LogP contribution in [0.2, 0.25) is 0 Å². The first-order valence-corrected chi connectivity index (χ1v) is 6.34. The fourth-order valence-electron chi connectivity index (χ4n) is 2.37. The smallest absolute Gasteiger partial charge is 0.131 e. The Bertz CT molecular complexity index is 372. The molecule has 0 spiro atoms. The Hall–Kier alpha value is -1.09. The summed E-state index contributed by atoms with van der Waals surface area (Å²) in [7, 11) is 0. The molecule has 2 rings (SSSR count). The van der Waals surface area contributed by atoms with Crippen LogP contribution in [0.15, 0.2) is 18.2 Å². The zero-order valence-electron chi connectivity index (χ0n) is 10.3. The van der Waals surface area contributed by atoms with E-state index in [0.29, 0.717) is 11.3 Å². The number of halogens is 1. The van der Waals surface area contributed by atoms with Crippen molar-refractivity contribution in [2.24, 2.45) is 11.7 Å². The van der Waals surface area contributed by atoms with Gasteiger partial charge in [-0.3, -0.25) is 0 Å². The zero-order valence-corrected chi connectivity index (χ0v) is 10.3. The zero-order chi connectivity index (χ0) is 12.3. The molecule has 0 unspecified atom stereocenters. The van der Waals surface area contributed by atoms with E-state index >= 15 is 0 Å². The molecule has 0 bridgehead atoms. The van der Waals surface area contributed by atoms with Crippen LogP contribution in [0.3, 0.4) is 0 Å². The minimum Gasteiger partial charge on any atom is -0.490 e. The van der Waals surface area contributed by atoms with E-state index in [2.05, 4.69) is 6.92 Å². The van der Waals surface area contributed by atoms with Gasteiger partial charge in [0.15, 0.2) is 0 Å². The van der Waals surface area contributed by atoms with Gasteiger partial charge in [-0.1, -0.05) is 13.0 Å². The van der Waals surface area contributed by atoms with Gasteiger partial charge in [0, 0.05) is 12.1 Å². The highest BCUT2D eigenvalue weighted by Crippen LogP contribution is 2.29. The maximum atomic E-state index is 13.5. The summed E-state index contributed by atoms with van der Waals surface area (Å²) in [4.78, 5) is 0. The molecule has 1 aromatic carbocycles. The molecular formula is C14H20FNO. The van der Waals surface area contributed by atoms with Crippen molar-refractivity contribution in [3.05, 3.63) is 29.6 Å². The molecule has 2 N–H and O–H groups in total. The Kier molecular flexibility index (Phi) is 4.00. The summed E-state index contributed by atoms with van der Waals surface area (Å²) in [6.07, 6.45) is 4.72. The molecule has 0 aliphatic heterocycles. The molecule has 94 valence electrons. The highest BCUT2D eigenvalue weighted by atomic mass is 19.1. The van der Waals surface area contributed by atoms with Crippen molar-refractivity contribution in [1.82, 2.24) is 0 Å². The van der Waals surface area contributed by atoms with Gasteiger partial charge < -0.3 is 10.5 Å². The van der Waals surface area contributed by atoms with Gasteiger partial charge in [-0.15, -0.1) is 0 Å². The fourth-order valence-corrected chi connectivity index (χ4v) is 2.37. The van der Waals surface area contributed by atoms with E-state index in [1.165, 1.54) is 18.9 Å². The van der Waals surface area contributed by atoms with Gasteiger partial charge in [0.05, 0.1) is 6.10 Å². The van der Waals surface area contributed by atoms with Gasteiger partial charge in [-0.05, 0) is 43.7 Å². The third kappa shape index (κ3) is 2.97. The summed E-state index contributed by atoms with van der Waals surface area (Å²) in [5, 5.41) is 0. The number of ether oxygens (including phenoxy) is 1. The quantitative estimate of drug-likeness (QED) is 0.876. The topological polar surface area (TPSA) is 35.2 Å². The first-order valence-electron chi connectivity index (χ1n) is 6.34. The summed E-state index contributed by atoms with van der Waals surface area (Å²) >= 11 is 0. The molecule has 0 heterocycles. The monoisotopic (exact) mass is 237 g/mol. The summed E-state index contributed by atoms with van der Waals surface area (Å²) < 4.78 is 19.4. The van der Waals surface area contributed by atoms with Crippen LogP contribution in [-0.2, 0) is 6.54 Å². The summed E-state index contributed by atoms with van der Waals surface area (Å²) in [5.74, 6) is 1.14. The molecule has 1 aliphatic carbocycles. The molecule has 17 heavy (non-hydrogen) atoms. The molecule has 1 saturated carbocycles. The van der Waals surface area contributed by atoms with Crippen molar-refractivity contribution in [3.8, 4) is 5.75 Å². The molecule has 1 aliphatic rings. The SMILES string of the molecule is CC1CCC(Oc2cccc(F)c2CN)CC1. The van der Waals surface area contributed by atoms with E-state index < -0.39 is 0 Å². The molecule has 0 amide bonds. The number of hydrogen-bond donors (Lipinski definition) is 1. The molecule has 0 aromatic heterocycles. The summed E-state index contributed by atoms with van der Waals surface area (Å²) in [6, 6.07) is 4.91. The Morgan fingerprint density at radius 3 is 2.65 bits per heavy atom. The Labute approximate surface area is 102 Å². The van der Waals surface area contributed by atoms with Crippen molar-refractivity contribution >= 4 is 0 Å². The second-order valence-corrected chi connectivity index (χ2v) is 4.92. The van der Waals surface area contributed by atoms with Crippen molar-refractivity contribution in [2.45, 2.75) is 45.3 Å². The minimum atomic E-state index is -0.269. The van der Waals surface area contributed by atoms with Crippen molar-refractivity contribution in [2.75, 3.05) is 0 Å². The maximum Gasteiger partial charge on any atom is 0.131 e. The van der Waals surface area contributed by atoms with E-state index in [9.17, 15) is 4.39 Å². The van der Waals surface area contributed by atoms with E-state index in [0.717, 1.165) is 18.8 Å². The minimum absolute atomic E-state index is 0.186. The second kappa shape index (κ2) is 5.50. The lowest BCUT2D eigenvalue weighted by atomic mass is 9.89. The molecule has 3 heteroatoms. The third-order valence-electron chi connectivity index (χ3n) is 3.54. The molecule has 1 fully saturated rings. The Morgan fingerprint density at radius 1 is 1.29 bits per heavy atom. The van der Waals surface area contributed by atoms with Crippen molar-refractivity contribution in [1.29, 1.82) is 0 Å². The first-order chi connectivity index (χ1) is 8.20. The maximum absolute atomic E-state index is 13.5. The Balaban J connectivity index is 2.05. The van der Waals surface area contributed by atoms with Crippen LogP contribution in [0.4, 0.5) is 4.39 Å². The van der Waals surface area contributed by atoms with Crippen LogP contribution in [0, 0.1) is 11.7 Å². The normalized spacial score (nSPS) is 24.6. The fraction of sp³-hybridized carbons (Fsp3) is 0.571. The van der Waals surface area contributed by atoms with Crippen LogP contribution in [0.5, 0.6) is 5.75 Å². The Morgan fingerprint density at radius 2 is 2.00 bits per heavy atom. The average molecular weight is 237 g/mol. The largest absolute Gasteiger partial charge is 0.490 e. The number of rotatable bonds is 3. The molecular weight excluding hydrogens is 217 g/mol. The number of hydrogen-bond acceptors (Lipinski definition) is 2. The molecule has 2 nitrogen and oxygen atoms in total. The lowest BCUT2D eigenvalue weighted by Gasteiger charge is -2.27. The van der Waals surface area contributed by atoms with Gasteiger partial charge in [0.2, 0.25) is 0 Å². The predicted molar refractivity (Wildman–Crippen MR) is 66.3 cm³/mol. The predicted octanol–water partition coefficient (Wildman–Crippen LogP) is 3.24. The van der Waals surface area contributed by atoms with E-state index in [4.69, 9.17) is 10.5 Å². The molecule has 0 atom stereocenters. The summed E-state index contributed by atoms with van der Waals surface area (Å²) in [5.41, 5.74) is 6.05. The standard InChI is InChI=1S/C14H20FNO/c1-10-5-7-11(8-6-10)17-14-4-2-3-13(15)12(14)9-16/h2-4,10-11H,5-9,16H2,1H3. The summed E-state index contributed by atoms with van der Waals surface area (Å²) in [6.45, 7) is 2.45. The highest BCUT2D eigenvalue weighted by Gasteiger charge is 2.20. The lowest BCUT2D eigenvalue weighted by molar-refractivity contribution is 0.134. The van der Waals surface area contributed by atoms with Crippen LogP contribution in [0.25, 0.3) is 0 Å². The molecule has 1 aromatic rings. The van der Waals surface area contributed by atoms with Gasteiger partial charge >= 0.3 is 0 Å². The molecule has 0 radical (unpaired) electrons. The first kappa shape index (κ1) is 12.4. The van der Waals surface area contributed by atoms with E-state index in [1.54, 1.807) is 6.07 Å². The van der Waals surface area contributed by atoms with Crippen LogP contribution >= 0.6 is 0 Å². The molecule has 0 saturated heterocycles. The average Bonchev–Trinajstić information content (AvgIpc) is 2.32. The highest BCUT2D eigenvalue weighted by molar-refractivity contribution is 5.34. The van der Waals surface area contributed by atoms with Gasteiger partial charge in [-0.2, -0.15) is 0 Å². The van der Waals surface area contributed by atoms with Crippen molar-refractivity contribution in [3.63, 3.8) is 0 Å². The van der Waals surface area contributed by atoms with Gasteiger partial charge in [-0.25, -0.2) is 4.39 Å². The third-order valence-corrected chi connectivity index (χ3v) is 3.54.